The van der Waals surface area contributed by atoms with Crippen molar-refractivity contribution in [3.8, 4) is 11.1 Å². The second-order valence-corrected chi connectivity index (χ2v) is 8.57. The zero-order valence-corrected chi connectivity index (χ0v) is 18.9. The quantitative estimate of drug-likeness (QED) is 0.700. The average Bonchev–Trinajstić information content (AvgIpc) is 3.15. The number of carboxylic acids is 1. The number of hydrogen-bond acceptors (Lipinski definition) is 5. The van der Waals surface area contributed by atoms with Crippen LogP contribution in [0.25, 0.3) is 11.1 Å². The van der Waals surface area contributed by atoms with Crippen LogP contribution in [-0.4, -0.2) is 77.7 Å². The Morgan fingerprint density at radius 1 is 0.970 bits per heavy atom. The normalized spacial score (nSPS) is 17.6. The Hall–Kier alpha value is -3.39. The molecule has 2 aliphatic rings. The maximum atomic E-state index is 12.8. The topological polar surface area (TPSA) is 99.2 Å². The highest BCUT2D eigenvalue weighted by Crippen LogP contribution is 2.44. The van der Waals surface area contributed by atoms with Gasteiger partial charge < -0.3 is 20.1 Å². The van der Waals surface area contributed by atoms with Gasteiger partial charge in [0, 0.05) is 32.1 Å². The summed E-state index contributed by atoms with van der Waals surface area (Å²) >= 11 is 0. The number of carbonyl (C=O) groups excluding carboxylic acids is 2. The summed E-state index contributed by atoms with van der Waals surface area (Å²) in [5, 5.41) is 11.8. The van der Waals surface area contributed by atoms with E-state index in [1.807, 2.05) is 29.2 Å². The molecule has 1 heterocycles. The standard InChI is InChI=1S/C25H29N3O5/c1-16(23(29)28-13-11-27(12-14-28)17(2)24(30)31)26-25(32)33-15-22-20-9-5-3-7-18(20)19-8-4-6-10-21(19)22/h3-10,16-17,22H,11-15H2,1-2H3,(H,26,32)(H,30,31)/t16-,17?/m1/s1. The van der Waals surface area contributed by atoms with E-state index >= 15 is 0 Å². The van der Waals surface area contributed by atoms with Crippen LogP contribution in [0.3, 0.4) is 0 Å². The molecule has 0 aromatic heterocycles. The molecule has 2 amide bonds. The fraction of sp³-hybridized carbons (Fsp3) is 0.400. The highest BCUT2D eigenvalue weighted by Gasteiger charge is 2.31. The number of amides is 2. The van der Waals surface area contributed by atoms with Gasteiger partial charge in [0.25, 0.3) is 0 Å². The van der Waals surface area contributed by atoms with Crippen molar-refractivity contribution in [1.82, 2.24) is 15.1 Å². The molecule has 2 aromatic carbocycles. The number of ether oxygens (including phenoxy) is 1. The SMILES string of the molecule is CC(C(=O)O)N1CCN(C(=O)[C@@H](C)NC(=O)OCC2c3ccccc3-c3ccccc32)CC1. The van der Waals surface area contributed by atoms with Crippen molar-refractivity contribution in [1.29, 1.82) is 0 Å². The van der Waals surface area contributed by atoms with Gasteiger partial charge in [-0.05, 0) is 36.1 Å². The van der Waals surface area contributed by atoms with Gasteiger partial charge in [-0.2, -0.15) is 0 Å². The van der Waals surface area contributed by atoms with Crippen molar-refractivity contribution in [2.24, 2.45) is 0 Å². The minimum absolute atomic E-state index is 0.0431. The van der Waals surface area contributed by atoms with Gasteiger partial charge in [-0.25, -0.2) is 4.79 Å². The average molecular weight is 452 g/mol. The lowest BCUT2D eigenvalue weighted by atomic mass is 9.98. The van der Waals surface area contributed by atoms with Crippen LogP contribution in [0.15, 0.2) is 48.5 Å². The number of rotatable bonds is 6. The first-order chi connectivity index (χ1) is 15.9. The monoisotopic (exact) mass is 451 g/mol. The zero-order valence-electron chi connectivity index (χ0n) is 18.9. The lowest BCUT2D eigenvalue weighted by molar-refractivity contribution is -0.144. The number of carboxylic acid groups (broad SMARTS) is 1. The number of aliphatic carboxylic acids is 1. The van der Waals surface area contributed by atoms with E-state index in [0.29, 0.717) is 26.2 Å². The van der Waals surface area contributed by atoms with Gasteiger partial charge >= 0.3 is 12.1 Å². The molecule has 1 aliphatic carbocycles. The molecule has 1 unspecified atom stereocenters. The van der Waals surface area contributed by atoms with Gasteiger partial charge in [0.2, 0.25) is 5.91 Å². The minimum atomic E-state index is -0.875. The first-order valence-corrected chi connectivity index (χ1v) is 11.2. The lowest BCUT2D eigenvalue weighted by Crippen LogP contribution is -2.56. The summed E-state index contributed by atoms with van der Waals surface area (Å²) in [4.78, 5) is 39.8. The minimum Gasteiger partial charge on any atom is -0.480 e. The van der Waals surface area contributed by atoms with Crippen LogP contribution in [0.1, 0.15) is 30.9 Å². The molecule has 8 nitrogen and oxygen atoms in total. The van der Waals surface area contributed by atoms with E-state index in [1.54, 1.807) is 18.7 Å². The van der Waals surface area contributed by atoms with Crippen molar-refractivity contribution >= 4 is 18.0 Å². The van der Waals surface area contributed by atoms with Gasteiger partial charge in [-0.3, -0.25) is 14.5 Å². The van der Waals surface area contributed by atoms with Crippen LogP contribution in [0.4, 0.5) is 4.79 Å². The van der Waals surface area contributed by atoms with Gasteiger partial charge in [-0.1, -0.05) is 48.5 Å². The van der Waals surface area contributed by atoms with Crippen molar-refractivity contribution in [2.75, 3.05) is 32.8 Å². The molecule has 1 fully saturated rings. The summed E-state index contributed by atoms with van der Waals surface area (Å²) in [6, 6.07) is 14.9. The van der Waals surface area contributed by atoms with Gasteiger partial charge in [0.1, 0.15) is 18.7 Å². The highest BCUT2D eigenvalue weighted by atomic mass is 16.5. The fourth-order valence-electron chi connectivity index (χ4n) is 4.64. The van der Waals surface area contributed by atoms with Crippen LogP contribution in [-0.2, 0) is 14.3 Å². The van der Waals surface area contributed by atoms with Crippen LogP contribution in [0.5, 0.6) is 0 Å². The third-order valence-electron chi connectivity index (χ3n) is 6.58. The van der Waals surface area contributed by atoms with E-state index in [0.717, 1.165) is 22.3 Å². The number of piperazine rings is 1. The number of nitrogens with one attached hydrogen (secondary N) is 1. The van der Waals surface area contributed by atoms with Crippen LogP contribution < -0.4 is 5.32 Å². The molecule has 0 spiro atoms. The summed E-state index contributed by atoms with van der Waals surface area (Å²) in [5.41, 5.74) is 4.57. The number of alkyl carbamates (subject to hydrolysis) is 1. The number of carbonyl (C=O) groups is 3. The summed E-state index contributed by atoms with van der Waals surface area (Å²) in [5.74, 6) is -1.12. The van der Waals surface area contributed by atoms with Crippen molar-refractivity contribution in [3.63, 3.8) is 0 Å². The third-order valence-corrected chi connectivity index (χ3v) is 6.58. The number of benzene rings is 2. The van der Waals surface area contributed by atoms with E-state index in [9.17, 15) is 14.4 Å². The first kappa shape index (κ1) is 22.8. The van der Waals surface area contributed by atoms with Gasteiger partial charge in [0.15, 0.2) is 0 Å². The Balaban J connectivity index is 1.30. The largest absolute Gasteiger partial charge is 0.480 e. The lowest BCUT2D eigenvalue weighted by Gasteiger charge is -2.37. The van der Waals surface area contributed by atoms with Crippen LogP contribution in [0.2, 0.25) is 0 Å². The predicted molar refractivity (Wildman–Crippen MR) is 123 cm³/mol. The second kappa shape index (κ2) is 9.62. The molecule has 4 rings (SSSR count). The maximum Gasteiger partial charge on any atom is 0.407 e. The molecule has 0 bridgehead atoms. The maximum absolute atomic E-state index is 12.8. The van der Waals surface area contributed by atoms with Gasteiger partial charge in [-0.15, -0.1) is 0 Å². The molecule has 8 heteroatoms. The van der Waals surface area contributed by atoms with E-state index in [-0.39, 0.29) is 18.4 Å². The smallest absolute Gasteiger partial charge is 0.407 e. The van der Waals surface area contributed by atoms with E-state index in [2.05, 4.69) is 29.6 Å². The molecule has 33 heavy (non-hydrogen) atoms. The molecule has 1 saturated heterocycles. The Kier molecular flexibility index (Phi) is 6.65. The molecular weight excluding hydrogens is 422 g/mol. The van der Waals surface area contributed by atoms with E-state index in [4.69, 9.17) is 9.84 Å². The van der Waals surface area contributed by atoms with Crippen LogP contribution in [0, 0.1) is 0 Å². The molecular formula is C25H29N3O5. The second-order valence-electron chi connectivity index (χ2n) is 8.57. The van der Waals surface area contributed by atoms with Crippen molar-refractivity contribution in [2.45, 2.75) is 31.8 Å². The number of fused-ring (bicyclic) bond motifs is 3. The Morgan fingerprint density at radius 3 is 2.06 bits per heavy atom. The Morgan fingerprint density at radius 2 is 1.52 bits per heavy atom. The molecule has 174 valence electrons. The third kappa shape index (κ3) is 4.71. The van der Waals surface area contributed by atoms with E-state index < -0.39 is 24.1 Å². The molecule has 2 N–H and O–H groups in total. The van der Waals surface area contributed by atoms with E-state index in [1.165, 1.54) is 0 Å². The summed E-state index contributed by atoms with van der Waals surface area (Å²) in [6.07, 6.45) is -0.629. The number of nitrogens with zero attached hydrogens (tertiary/aromatic N) is 2. The molecule has 2 atom stereocenters. The molecule has 0 radical (unpaired) electrons. The predicted octanol–water partition coefficient (Wildman–Crippen LogP) is 2.53. The highest BCUT2D eigenvalue weighted by molar-refractivity contribution is 5.85. The first-order valence-electron chi connectivity index (χ1n) is 11.2. The van der Waals surface area contributed by atoms with Gasteiger partial charge in [0.05, 0.1) is 0 Å². The summed E-state index contributed by atoms with van der Waals surface area (Å²) < 4.78 is 5.53. The Bertz CT molecular complexity index is 1000. The number of hydrogen-bond donors (Lipinski definition) is 2. The molecule has 1 aliphatic heterocycles. The van der Waals surface area contributed by atoms with Crippen LogP contribution >= 0.6 is 0 Å². The molecule has 0 saturated carbocycles. The summed E-state index contributed by atoms with van der Waals surface area (Å²) in [6.45, 7) is 5.28. The zero-order chi connectivity index (χ0) is 23.5. The Labute approximate surface area is 193 Å². The fourth-order valence-corrected chi connectivity index (χ4v) is 4.64. The van der Waals surface area contributed by atoms with Crippen molar-refractivity contribution < 1.29 is 24.2 Å². The summed E-state index contributed by atoms with van der Waals surface area (Å²) in [7, 11) is 0. The van der Waals surface area contributed by atoms with Crippen molar-refractivity contribution in [3.05, 3.63) is 59.7 Å². The molecule has 2 aromatic rings.